The highest BCUT2D eigenvalue weighted by Crippen LogP contribution is 2.33. The van der Waals surface area contributed by atoms with Crippen LogP contribution in [0.1, 0.15) is 50.9 Å². The van der Waals surface area contributed by atoms with E-state index >= 15 is 0 Å². The molecule has 1 atom stereocenters. The number of hydrogen-bond donors (Lipinski definition) is 2. The number of fused-ring (bicyclic) bond motifs is 1. The topological polar surface area (TPSA) is 50.2 Å². The van der Waals surface area contributed by atoms with Gasteiger partial charge in [0.1, 0.15) is 10.9 Å². The zero-order valence-electron chi connectivity index (χ0n) is 14.5. The van der Waals surface area contributed by atoms with Crippen LogP contribution >= 0.6 is 22.7 Å². The van der Waals surface area contributed by atoms with Crippen LogP contribution in [-0.2, 0) is 0 Å². The molecule has 4 nitrogen and oxygen atoms in total. The number of rotatable bonds is 3. The molecule has 25 heavy (non-hydrogen) atoms. The Hall–Kier alpha value is -1.50. The van der Waals surface area contributed by atoms with Crippen molar-refractivity contribution in [1.29, 1.82) is 0 Å². The van der Waals surface area contributed by atoms with E-state index in [-0.39, 0.29) is 11.6 Å². The molecule has 0 saturated carbocycles. The fourth-order valence-corrected chi connectivity index (χ4v) is 5.54. The van der Waals surface area contributed by atoms with Crippen LogP contribution in [0.25, 0.3) is 20.7 Å². The van der Waals surface area contributed by atoms with Crippen LogP contribution in [0.5, 0.6) is 0 Å². The number of nitrogens with one attached hydrogen (secondary N) is 2. The second-order valence-electron chi connectivity index (χ2n) is 6.91. The lowest BCUT2D eigenvalue weighted by atomic mass is 10.1. The summed E-state index contributed by atoms with van der Waals surface area (Å²) >= 11 is 3.24. The molecule has 1 aliphatic heterocycles. The summed E-state index contributed by atoms with van der Waals surface area (Å²) in [6, 6.07) is 4.32. The summed E-state index contributed by atoms with van der Waals surface area (Å²) in [5.41, 5.74) is 1.02. The molecule has 0 aromatic carbocycles. The van der Waals surface area contributed by atoms with Crippen molar-refractivity contribution >= 4 is 32.9 Å². The number of H-pyrrole nitrogens is 1. The number of hydrogen-bond acceptors (Lipinski definition) is 4. The molecule has 2 N–H and O–H groups in total. The Bertz CT molecular complexity index is 889. The van der Waals surface area contributed by atoms with Crippen LogP contribution in [0.4, 0.5) is 0 Å². The highest BCUT2D eigenvalue weighted by Gasteiger charge is 2.24. The molecule has 0 aliphatic carbocycles. The van der Waals surface area contributed by atoms with E-state index in [1.54, 1.807) is 27.6 Å². The number of aromatic amines is 1. The maximum Gasteiger partial charge on any atom is 0.260 e. The third kappa shape index (κ3) is 3.43. The van der Waals surface area contributed by atoms with Crippen LogP contribution in [0.2, 0.25) is 0 Å². The summed E-state index contributed by atoms with van der Waals surface area (Å²) in [4.78, 5) is 24.3. The minimum absolute atomic E-state index is 0.00273. The summed E-state index contributed by atoms with van der Waals surface area (Å²) in [6.45, 7) is 4.55. The van der Waals surface area contributed by atoms with Crippen LogP contribution in [-0.4, -0.2) is 23.1 Å². The molecule has 6 heteroatoms. The minimum Gasteiger partial charge on any atom is -0.326 e. The summed E-state index contributed by atoms with van der Waals surface area (Å²) < 4.78 is 0. The van der Waals surface area contributed by atoms with Crippen molar-refractivity contribution in [2.75, 3.05) is 13.1 Å². The third-order valence-electron chi connectivity index (χ3n) is 5.27. The Kier molecular flexibility index (Phi) is 5.01. The second kappa shape index (κ2) is 7.40. The maximum absolute atomic E-state index is 12.8. The van der Waals surface area contributed by atoms with Gasteiger partial charge < -0.3 is 9.88 Å². The second-order valence-corrected chi connectivity index (χ2v) is 8.71. The van der Waals surface area contributed by atoms with Crippen molar-refractivity contribution in [2.45, 2.75) is 45.1 Å². The van der Waals surface area contributed by atoms with Crippen molar-refractivity contribution in [2.24, 2.45) is 0 Å². The Balaban J connectivity index is 1.68. The Morgan fingerprint density at radius 3 is 2.64 bits per heavy atom. The molecular weight excluding hydrogens is 350 g/mol. The molecule has 132 valence electrons. The van der Waals surface area contributed by atoms with E-state index < -0.39 is 0 Å². The molecule has 0 amide bonds. The van der Waals surface area contributed by atoms with Gasteiger partial charge in [-0.25, -0.2) is 4.98 Å². The minimum atomic E-state index is 0.00273. The van der Waals surface area contributed by atoms with Crippen molar-refractivity contribution in [3.63, 3.8) is 0 Å². The summed E-state index contributed by atoms with van der Waals surface area (Å²) in [6.07, 6.45) is 6.56. The SMILES string of the molecule is C[C@@H](c1nc2scc(-c3cccs3)c2c(=O)[nH]1)[NH+]1CCCCCCC1. The highest BCUT2D eigenvalue weighted by molar-refractivity contribution is 7.18. The van der Waals surface area contributed by atoms with Crippen LogP contribution < -0.4 is 10.5 Å². The van der Waals surface area contributed by atoms with E-state index in [0.717, 1.165) is 26.5 Å². The molecule has 1 aliphatic rings. The van der Waals surface area contributed by atoms with Gasteiger partial charge in [0.25, 0.3) is 5.56 Å². The monoisotopic (exact) mass is 374 g/mol. The van der Waals surface area contributed by atoms with Crippen molar-refractivity contribution in [1.82, 2.24) is 9.97 Å². The van der Waals surface area contributed by atoms with Gasteiger partial charge >= 0.3 is 0 Å². The van der Waals surface area contributed by atoms with Crippen LogP contribution in [0.3, 0.4) is 0 Å². The van der Waals surface area contributed by atoms with Crippen molar-refractivity contribution < 1.29 is 4.90 Å². The Morgan fingerprint density at radius 2 is 1.92 bits per heavy atom. The van der Waals surface area contributed by atoms with Crippen LogP contribution in [0.15, 0.2) is 27.7 Å². The Labute approximate surface area is 155 Å². The van der Waals surface area contributed by atoms with E-state index in [2.05, 4.69) is 23.4 Å². The van der Waals surface area contributed by atoms with Crippen LogP contribution in [0, 0.1) is 0 Å². The van der Waals surface area contributed by atoms with Gasteiger partial charge in [-0.3, -0.25) is 4.79 Å². The predicted octanol–water partition coefficient (Wildman–Crippen LogP) is 3.62. The third-order valence-corrected chi connectivity index (χ3v) is 7.04. The smallest absolute Gasteiger partial charge is 0.260 e. The van der Waals surface area contributed by atoms with E-state index in [4.69, 9.17) is 4.98 Å². The van der Waals surface area contributed by atoms with Gasteiger partial charge in [0.2, 0.25) is 0 Å². The predicted molar refractivity (Wildman–Crippen MR) is 106 cm³/mol. The van der Waals surface area contributed by atoms with Gasteiger partial charge in [-0.05, 0) is 44.1 Å². The average molecular weight is 375 g/mol. The first-order valence-corrected chi connectivity index (χ1v) is 10.9. The molecular formula is C19H24N3OS2+. The zero-order valence-corrected chi connectivity index (χ0v) is 16.1. The van der Waals surface area contributed by atoms with Gasteiger partial charge in [0.05, 0.1) is 18.5 Å². The maximum atomic E-state index is 12.8. The van der Waals surface area contributed by atoms with Gasteiger partial charge in [0.15, 0.2) is 5.82 Å². The van der Waals surface area contributed by atoms with E-state index in [1.165, 1.54) is 45.2 Å². The number of aromatic nitrogens is 2. The molecule has 0 radical (unpaired) electrons. The van der Waals surface area contributed by atoms with Gasteiger partial charge in [0, 0.05) is 15.8 Å². The molecule has 4 rings (SSSR count). The van der Waals surface area contributed by atoms with Gasteiger partial charge in [-0.1, -0.05) is 12.5 Å². The lowest BCUT2D eigenvalue weighted by Gasteiger charge is -2.27. The standard InChI is InChI=1S/C19H23N3OS2/c1-13(22-9-5-3-2-4-6-10-22)17-20-18(23)16-14(12-25-19(16)21-17)15-8-7-11-24-15/h7-8,11-13H,2-6,9-10H2,1H3,(H,20,21,23)/p+1/t13-/m0/s1. The number of quaternary nitrogens is 1. The Morgan fingerprint density at radius 1 is 1.16 bits per heavy atom. The summed E-state index contributed by atoms with van der Waals surface area (Å²) in [5.74, 6) is 0.840. The number of nitrogens with zero attached hydrogens (tertiary/aromatic N) is 1. The fourth-order valence-electron chi connectivity index (χ4n) is 3.77. The van der Waals surface area contributed by atoms with E-state index in [9.17, 15) is 4.79 Å². The number of likely N-dealkylation sites (tertiary alicyclic amines) is 1. The molecule has 1 saturated heterocycles. The lowest BCUT2D eigenvalue weighted by molar-refractivity contribution is -0.931. The molecule has 3 aromatic rings. The highest BCUT2D eigenvalue weighted by atomic mass is 32.1. The van der Waals surface area contributed by atoms with Gasteiger partial charge in [-0.15, -0.1) is 22.7 Å². The fraction of sp³-hybridized carbons (Fsp3) is 0.474. The van der Waals surface area contributed by atoms with E-state index in [0.29, 0.717) is 0 Å². The molecule has 3 aromatic heterocycles. The van der Waals surface area contributed by atoms with Crippen molar-refractivity contribution in [3.8, 4) is 10.4 Å². The first-order valence-electron chi connectivity index (χ1n) is 9.14. The number of thiophene rings is 2. The normalized spacial score (nSPS) is 18.1. The molecule has 1 fully saturated rings. The first kappa shape index (κ1) is 16.9. The average Bonchev–Trinajstić information content (AvgIpc) is 3.23. The first-order chi connectivity index (χ1) is 12.2. The molecule has 4 heterocycles. The van der Waals surface area contributed by atoms with E-state index in [1.807, 2.05) is 11.4 Å². The summed E-state index contributed by atoms with van der Waals surface area (Å²) in [5, 5.41) is 4.85. The lowest BCUT2D eigenvalue weighted by Crippen LogP contribution is -3.12. The largest absolute Gasteiger partial charge is 0.326 e. The van der Waals surface area contributed by atoms with Gasteiger partial charge in [-0.2, -0.15) is 0 Å². The molecule has 0 bridgehead atoms. The molecule has 0 unspecified atom stereocenters. The quantitative estimate of drug-likeness (QED) is 0.736. The zero-order chi connectivity index (χ0) is 17.2. The summed E-state index contributed by atoms with van der Waals surface area (Å²) in [7, 11) is 0. The molecule has 0 spiro atoms. The van der Waals surface area contributed by atoms with Crippen molar-refractivity contribution in [3.05, 3.63) is 39.1 Å².